The predicted octanol–water partition coefficient (Wildman–Crippen LogP) is 4.96. The summed E-state index contributed by atoms with van der Waals surface area (Å²) in [6, 6.07) is 29.4. The number of carbonyl (C=O) groups excluding carboxylic acids is 2. The molecule has 38 heavy (non-hydrogen) atoms. The lowest BCUT2D eigenvalue weighted by molar-refractivity contribution is 0.0943. The Labute approximate surface area is 222 Å². The van der Waals surface area contributed by atoms with Crippen LogP contribution in [-0.4, -0.2) is 26.0 Å². The number of hydrogen-bond donors (Lipinski definition) is 2. The summed E-state index contributed by atoms with van der Waals surface area (Å²) >= 11 is 0. The molecule has 6 heteroatoms. The van der Waals surface area contributed by atoms with Gasteiger partial charge < -0.3 is 20.1 Å². The van der Waals surface area contributed by atoms with Crippen molar-refractivity contribution in [2.24, 2.45) is 0 Å². The van der Waals surface area contributed by atoms with Gasteiger partial charge in [0.1, 0.15) is 11.5 Å². The van der Waals surface area contributed by atoms with Gasteiger partial charge in [0, 0.05) is 35.3 Å². The van der Waals surface area contributed by atoms with Crippen LogP contribution in [0.2, 0.25) is 0 Å². The van der Waals surface area contributed by atoms with Gasteiger partial charge in [-0.05, 0) is 83.9 Å². The molecule has 0 bridgehead atoms. The lowest BCUT2D eigenvalue weighted by Gasteiger charge is -2.07. The van der Waals surface area contributed by atoms with E-state index in [9.17, 15) is 9.59 Å². The standard InChI is InChI=1S/C32H28N2O4/c1-37-29-17-9-25(10-18-29)21-33-31(35)27-13-5-23(6-14-27)3-4-24-7-15-28(16-8-24)32(36)34-22-26-11-19-30(38-2)20-12-26/h5-20H,21-22H2,1-2H3,(H,33,35)(H,34,36). The summed E-state index contributed by atoms with van der Waals surface area (Å²) in [5.74, 6) is 7.44. The molecule has 0 saturated heterocycles. The second-order valence-electron chi connectivity index (χ2n) is 8.47. The Morgan fingerprint density at radius 3 is 1.21 bits per heavy atom. The molecule has 0 aromatic heterocycles. The highest BCUT2D eigenvalue weighted by atomic mass is 16.5. The van der Waals surface area contributed by atoms with Gasteiger partial charge in [-0.3, -0.25) is 9.59 Å². The molecule has 0 aliphatic rings. The monoisotopic (exact) mass is 504 g/mol. The van der Waals surface area contributed by atoms with E-state index >= 15 is 0 Å². The molecule has 4 rings (SSSR count). The second-order valence-corrected chi connectivity index (χ2v) is 8.47. The Morgan fingerprint density at radius 2 is 0.895 bits per heavy atom. The Kier molecular flexibility index (Phi) is 8.77. The zero-order valence-electron chi connectivity index (χ0n) is 21.3. The van der Waals surface area contributed by atoms with Crippen molar-refractivity contribution in [3.05, 3.63) is 130 Å². The van der Waals surface area contributed by atoms with Crippen LogP contribution in [0.5, 0.6) is 11.5 Å². The summed E-state index contributed by atoms with van der Waals surface area (Å²) in [6.45, 7) is 0.861. The number of ether oxygens (including phenoxy) is 2. The van der Waals surface area contributed by atoms with Gasteiger partial charge in [0.2, 0.25) is 0 Å². The molecule has 0 heterocycles. The topological polar surface area (TPSA) is 76.7 Å². The molecular formula is C32H28N2O4. The van der Waals surface area contributed by atoms with Gasteiger partial charge in [-0.1, -0.05) is 36.1 Å². The molecule has 0 aliphatic carbocycles. The van der Waals surface area contributed by atoms with Crippen LogP contribution in [0.4, 0.5) is 0 Å². The van der Waals surface area contributed by atoms with Crippen molar-refractivity contribution < 1.29 is 19.1 Å². The third kappa shape index (κ3) is 7.25. The maximum Gasteiger partial charge on any atom is 0.251 e. The van der Waals surface area contributed by atoms with Gasteiger partial charge in [-0.2, -0.15) is 0 Å². The number of rotatable bonds is 8. The predicted molar refractivity (Wildman–Crippen MR) is 147 cm³/mol. The Morgan fingerprint density at radius 1 is 0.553 bits per heavy atom. The molecule has 4 aromatic rings. The van der Waals surface area contributed by atoms with Crippen LogP contribution in [0.15, 0.2) is 97.1 Å². The molecule has 2 N–H and O–H groups in total. The molecule has 6 nitrogen and oxygen atoms in total. The van der Waals surface area contributed by atoms with Crippen molar-refractivity contribution in [3.8, 4) is 23.3 Å². The third-order valence-corrected chi connectivity index (χ3v) is 5.87. The minimum atomic E-state index is -0.152. The van der Waals surface area contributed by atoms with Crippen LogP contribution >= 0.6 is 0 Å². The van der Waals surface area contributed by atoms with Crippen molar-refractivity contribution in [1.82, 2.24) is 10.6 Å². The molecule has 0 radical (unpaired) electrons. The van der Waals surface area contributed by atoms with Crippen LogP contribution < -0.4 is 20.1 Å². The number of carbonyl (C=O) groups is 2. The molecule has 2 amide bonds. The third-order valence-electron chi connectivity index (χ3n) is 5.87. The highest BCUT2D eigenvalue weighted by molar-refractivity contribution is 5.94. The summed E-state index contributed by atoms with van der Waals surface area (Å²) in [5, 5.41) is 5.83. The summed E-state index contributed by atoms with van der Waals surface area (Å²) in [4.78, 5) is 24.9. The van der Waals surface area contributed by atoms with Crippen LogP contribution in [0, 0.1) is 11.8 Å². The molecule has 0 fully saturated rings. The fourth-order valence-electron chi connectivity index (χ4n) is 3.61. The first-order chi connectivity index (χ1) is 18.5. The normalized spacial score (nSPS) is 10.1. The van der Waals surface area contributed by atoms with Crippen LogP contribution in [0.3, 0.4) is 0 Å². The highest BCUT2D eigenvalue weighted by Crippen LogP contribution is 2.13. The molecule has 4 aromatic carbocycles. The van der Waals surface area contributed by atoms with Crippen LogP contribution in [-0.2, 0) is 13.1 Å². The zero-order valence-corrected chi connectivity index (χ0v) is 21.3. The largest absolute Gasteiger partial charge is 0.497 e. The summed E-state index contributed by atoms with van der Waals surface area (Å²) in [6.07, 6.45) is 0. The van der Waals surface area contributed by atoms with E-state index in [1.165, 1.54) is 0 Å². The van der Waals surface area contributed by atoms with Gasteiger partial charge in [-0.25, -0.2) is 0 Å². The van der Waals surface area contributed by atoms with Gasteiger partial charge >= 0.3 is 0 Å². The molecule has 0 unspecified atom stereocenters. The molecule has 0 aliphatic heterocycles. The fourth-order valence-corrected chi connectivity index (χ4v) is 3.61. The molecule has 0 atom stereocenters. The Hall–Kier alpha value is -5.02. The SMILES string of the molecule is COc1ccc(CNC(=O)c2ccc(C#Cc3ccc(C(=O)NCc4ccc(OC)cc4)cc3)cc2)cc1. The maximum absolute atomic E-state index is 12.5. The lowest BCUT2D eigenvalue weighted by Crippen LogP contribution is -2.22. The first-order valence-electron chi connectivity index (χ1n) is 12.1. The average Bonchev–Trinajstić information content (AvgIpc) is 2.98. The Bertz CT molecular complexity index is 1320. The van der Waals surface area contributed by atoms with Crippen LogP contribution in [0.1, 0.15) is 43.0 Å². The van der Waals surface area contributed by atoms with Crippen molar-refractivity contribution in [1.29, 1.82) is 0 Å². The molecule has 0 spiro atoms. The number of amides is 2. The molecule has 0 saturated carbocycles. The smallest absolute Gasteiger partial charge is 0.251 e. The minimum absolute atomic E-state index is 0.152. The van der Waals surface area contributed by atoms with Crippen molar-refractivity contribution in [3.63, 3.8) is 0 Å². The maximum atomic E-state index is 12.5. The van der Waals surface area contributed by atoms with E-state index in [0.29, 0.717) is 24.2 Å². The van der Waals surface area contributed by atoms with E-state index in [2.05, 4.69) is 22.5 Å². The number of methoxy groups -OCH3 is 2. The molecule has 190 valence electrons. The second kappa shape index (κ2) is 12.8. The van der Waals surface area contributed by atoms with Gasteiger partial charge in [0.25, 0.3) is 11.8 Å². The summed E-state index contributed by atoms with van der Waals surface area (Å²) < 4.78 is 10.3. The average molecular weight is 505 g/mol. The lowest BCUT2D eigenvalue weighted by atomic mass is 10.1. The van der Waals surface area contributed by atoms with E-state index in [4.69, 9.17) is 9.47 Å². The van der Waals surface area contributed by atoms with Crippen molar-refractivity contribution in [2.75, 3.05) is 14.2 Å². The summed E-state index contributed by atoms with van der Waals surface area (Å²) in [5.41, 5.74) is 4.68. The van der Waals surface area contributed by atoms with Gasteiger partial charge in [0.05, 0.1) is 14.2 Å². The van der Waals surface area contributed by atoms with Gasteiger partial charge in [0.15, 0.2) is 0 Å². The molecular weight excluding hydrogens is 476 g/mol. The highest BCUT2D eigenvalue weighted by Gasteiger charge is 2.06. The van der Waals surface area contributed by atoms with Gasteiger partial charge in [-0.15, -0.1) is 0 Å². The van der Waals surface area contributed by atoms with E-state index in [1.807, 2.05) is 72.8 Å². The zero-order chi connectivity index (χ0) is 26.7. The van der Waals surface area contributed by atoms with E-state index in [-0.39, 0.29) is 11.8 Å². The van der Waals surface area contributed by atoms with Crippen LogP contribution in [0.25, 0.3) is 0 Å². The first kappa shape index (κ1) is 26.1. The summed E-state index contributed by atoms with van der Waals surface area (Å²) in [7, 11) is 3.24. The number of nitrogens with one attached hydrogen (secondary N) is 2. The van der Waals surface area contributed by atoms with Crippen molar-refractivity contribution in [2.45, 2.75) is 13.1 Å². The quantitative estimate of drug-likeness (QED) is 0.333. The van der Waals surface area contributed by atoms with E-state index in [1.54, 1.807) is 38.5 Å². The van der Waals surface area contributed by atoms with Crippen molar-refractivity contribution >= 4 is 11.8 Å². The van der Waals surface area contributed by atoms with E-state index in [0.717, 1.165) is 33.8 Å². The minimum Gasteiger partial charge on any atom is -0.497 e. The number of hydrogen-bond acceptors (Lipinski definition) is 4. The Balaban J connectivity index is 1.28. The number of benzene rings is 4. The fraction of sp³-hybridized carbons (Fsp3) is 0.125. The van der Waals surface area contributed by atoms with E-state index < -0.39 is 0 Å². The first-order valence-corrected chi connectivity index (χ1v) is 12.1.